The van der Waals surface area contributed by atoms with Crippen LogP contribution in [-0.4, -0.2) is 42.0 Å². The van der Waals surface area contributed by atoms with Crippen LogP contribution in [0.1, 0.15) is 43.7 Å². The van der Waals surface area contributed by atoms with Crippen LogP contribution in [-0.2, 0) is 20.5 Å². The van der Waals surface area contributed by atoms with Gasteiger partial charge < -0.3 is 15.0 Å². The Balaban J connectivity index is 1.63. The van der Waals surface area contributed by atoms with Gasteiger partial charge in [0.1, 0.15) is 6.61 Å². The van der Waals surface area contributed by atoms with Crippen molar-refractivity contribution in [2.75, 3.05) is 18.5 Å². The molecule has 2 fully saturated rings. The second kappa shape index (κ2) is 8.11. The average Bonchev–Trinajstić information content (AvgIpc) is 2.90. The number of nitrogens with one attached hydrogen (secondary N) is 1. The number of amides is 2. The van der Waals surface area contributed by atoms with Crippen LogP contribution < -0.4 is 5.32 Å². The minimum absolute atomic E-state index is 0.0242. The number of benzene rings is 1. The third-order valence-electron chi connectivity index (χ3n) is 5.63. The number of hydrogen-bond acceptors (Lipinski definition) is 3. The highest BCUT2D eigenvalue weighted by molar-refractivity contribution is 5.93. The highest BCUT2D eigenvalue weighted by atomic mass is 19.4. The standard InChI is InChI=1S/C20H25F3N2O3/c1-3-28-11-18(26)25-15-5-6-16(25)10-13(9-15)19(27)24-17-7-4-14(8-12(17)2)20(21,22)23/h4,7-8,13,15-16H,3,5-6,9-11H2,1-2H3,(H,24,27)/t13?,15-,16+. The number of alkyl halides is 3. The Hall–Kier alpha value is -2.09. The zero-order valence-corrected chi connectivity index (χ0v) is 16.0. The number of carbonyl (C=O) groups excluding carboxylic acids is 2. The van der Waals surface area contributed by atoms with Gasteiger partial charge in [-0.1, -0.05) is 0 Å². The first-order chi connectivity index (χ1) is 13.2. The van der Waals surface area contributed by atoms with E-state index in [1.165, 1.54) is 6.07 Å². The molecule has 5 nitrogen and oxygen atoms in total. The van der Waals surface area contributed by atoms with Crippen molar-refractivity contribution in [2.24, 2.45) is 5.92 Å². The molecule has 0 spiro atoms. The number of ether oxygens (including phenoxy) is 1. The first kappa shape index (κ1) is 20.6. The molecule has 1 aromatic carbocycles. The van der Waals surface area contributed by atoms with E-state index < -0.39 is 11.7 Å². The highest BCUT2D eigenvalue weighted by Crippen LogP contribution is 2.39. The summed E-state index contributed by atoms with van der Waals surface area (Å²) >= 11 is 0. The maximum absolute atomic E-state index is 12.8. The number of carbonyl (C=O) groups is 2. The van der Waals surface area contributed by atoms with Crippen LogP contribution in [0.25, 0.3) is 0 Å². The molecule has 2 heterocycles. The minimum Gasteiger partial charge on any atom is -0.372 e. The third-order valence-corrected chi connectivity index (χ3v) is 5.63. The van der Waals surface area contributed by atoms with E-state index in [1.54, 1.807) is 6.92 Å². The molecule has 0 aliphatic carbocycles. The van der Waals surface area contributed by atoms with E-state index in [0.717, 1.165) is 25.0 Å². The normalized spacial score (nSPS) is 24.3. The van der Waals surface area contributed by atoms with Crippen LogP contribution in [0.2, 0.25) is 0 Å². The second-order valence-electron chi connectivity index (χ2n) is 7.51. The van der Waals surface area contributed by atoms with E-state index in [2.05, 4.69) is 5.32 Å². The van der Waals surface area contributed by atoms with Gasteiger partial charge in [-0.25, -0.2) is 0 Å². The molecule has 2 aliphatic heterocycles. The largest absolute Gasteiger partial charge is 0.416 e. The first-order valence-corrected chi connectivity index (χ1v) is 9.58. The van der Waals surface area contributed by atoms with E-state index in [4.69, 9.17) is 4.74 Å². The van der Waals surface area contributed by atoms with Crippen molar-refractivity contribution < 1.29 is 27.5 Å². The molecule has 2 bridgehead atoms. The van der Waals surface area contributed by atoms with E-state index >= 15 is 0 Å². The van der Waals surface area contributed by atoms with Gasteiger partial charge >= 0.3 is 6.18 Å². The van der Waals surface area contributed by atoms with Gasteiger partial charge in [0.05, 0.1) is 5.56 Å². The summed E-state index contributed by atoms with van der Waals surface area (Å²) < 4.78 is 43.6. The van der Waals surface area contributed by atoms with E-state index in [-0.39, 0.29) is 36.4 Å². The van der Waals surface area contributed by atoms with E-state index in [9.17, 15) is 22.8 Å². The van der Waals surface area contributed by atoms with Crippen LogP contribution in [0.4, 0.5) is 18.9 Å². The minimum atomic E-state index is -4.41. The second-order valence-corrected chi connectivity index (χ2v) is 7.51. The number of fused-ring (bicyclic) bond motifs is 2. The predicted molar refractivity (Wildman–Crippen MR) is 97.7 cm³/mol. The lowest BCUT2D eigenvalue weighted by Crippen LogP contribution is -2.49. The molecule has 2 saturated heterocycles. The van der Waals surface area contributed by atoms with Crippen LogP contribution in [0.5, 0.6) is 0 Å². The van der Waals surface area contributed by atoms with Crippen molar-refractivity contribution in [2.45, 2.75) is 57.8 Å². The smallest absolute Gasteiger partial charge is 0.372 e. The molecule has 3 atom stereocenters. The summed E-state index contributed by atoms with van der Waals surface area (Å²) in [6.07, 6.45) is -1.54. The highest BCUT2D eigenvalue weighted by Gasteiger charge is 2.45. The Kier molecular flexibility index (Phi) is 5.98. The summed E-state index contributed by atoms with van der Waals surface area (Å²) in [5.74, 6) is -0.487. The maximum atomic E-state index is 12.8. The Morgan fingerprint density at radius 3 is 2.39 bits per heavy atom. The number of anilines is 1. The maximum Gasteiger partial charge on any atom is 0.416 e. The van der Waals surface area contributed by atoms with Gasteiger partial charge in [0.15, 0.2) is 0 Å². The molecular weight excluding hydrogens is 373 g/mol. The summed E-state index contributed by atoms with van der Waals surface area (Å²) in [4.78, 5) is 26.9. The van der Waals surface area contributed by atoms with Crippen LogP contribution in [0.15, 0.2) is 18.2 Å². The Labute approximate surface area is 162 Å². The molecule has 0 aromatic heterocycles. The molecule has 1 N–H and O–H groups in total. The lowest BCUT2D eigenvalue weighted by molar-refractivity contribution is -0.143. The summed E-state index contributed by atoms with van der Waals surface area (Å²) in [6.45, 7) is 3.92. The van der Waals surface area contributed by atoms with Crippen molar-refractivity contribution in [3.8, 4) is 0 Å². The van der Waals surface area contributed by atoms with E-state index in [0.29, 0.717) is 30.7 Å². The van der Waals surface area contributed by atoms with Gasteiger partial charge in [-0.05, 0) is 63.3 Å². The molecule has 1 unspecified atom stereocenters. The molecule has 0 saturated carbocycles. The SMILES string of the molecule is CCOCC(=O)N1[C@@H]2CC[C@H]1CC(C(=O)Nc1ccc(C(F)(F)F)cc1C)C2. The molecule has 2 aliphatic rings. The molecule has 8 heteroatoms. The third kappa shape index (κ3) is 4.32. The molecule has 1 aromatic rings. The van der Waals surface area contributed by atoms with Gasteiger partial charge in [-0.3, -0.25) is 9.59 Å². The Bertz CT molecular complexity index is 737. The molecule has 0 radical (unpaired) electrons. The van der Waals surface area contributed by atoms with Crippen molar-refractivity contribution in [1.82, 2.24) is 4.90 Å². The zero-order valence-electron chi connectivity index (χ0n) is 16.0. The molecular formula is C20H25F3N2O3. The topological polar surface area (TPSA) is 58.6 Å². The van der Waals surface area contributed by atoms with Gasteiger partial charge in [-0.15, -0.1) is 0 Å². The fourth-order valence-corrected chi connectivity index (χ4v) is 4.28. The number of hydrogen-bond donors (Lipinski definition) is 1. The van der Waals surface area contributed by atoms with Gasteiger partial charge in [0.2, 0.25) is 11.8 Å². The lowest BCUT2D eigenvalue weighted by atomic mass is 9.89. The molecule has 28 heavy (non-hydrogen) atoms. The van der Waals surface area contributed by atoms with Crippen molar-refractivity contribution in [1.29, 1.82) is 0 Å². The van der Waals surface area contributed by atoms with Crippen LogP contribution >= 0.6 is 0 Å². The summed E-state index contributed by atoms with van der Waals surface area (Å²) in [6, 6.07) is 3.36. The summed E-state index contributed by atoms with van der Waals surface area (Å²) in [5.41, 5.74) is 0.0258. The number of piperidine rings is 1. The van der Waals surface area contributed by atoms with Crippen molar-refractivity contribution in [3.63, 3.8) is 0 Å². The predicted octanol–water partition coefficient (Wildman–Crippen LogP) is 3.76. The summed E-state index contributed by atoms with van der Waals surface area (Å²) in [5, 5.41) is 2.77. The van der Waals surface area contributed by atoms with Crippen LogP contribution in [0, 0.1) is 12.8 Å². The molecule has 2 amide bonds. The zero-order chi connectivity index (χ0) is 20.5. The Morgan fingerprint density at radius 2 is 1.86 bits per heavy atom. The van der Waals surface area contributed by atoms with Crippen molar-refractivity contribution >= 4 is 17.5 Å². The molecule has 154 valence electrons. The fourth-order valence-electron chi connectivity index (χ4n) is 4.28. The van der Waals surface area contributed by atoms with E-state index in [1.807, 2.05) is 11.8 Å². The monoisotopic (exact) mass is 398 g/mol. The summed E-state index contributed by atoms with van der Waals surface area (Å²) in [7, 11) is 0. The van der Waals surface area contributed by atoms with Crippen LogP contribution in [0.3, 0.4) is 0 Å². The number of nitrogens with zero attached hydrogens (tertiary/aromatic N) is 1. The molecule has 3 rings (SSSR count). The number of rotatable bonds is 5. The first-order valence-electron chi connectivity index (χ1n) is 9.58. The number of halogens is 3. The van der Waals surface area contributed by atoms with Gasteiger partial charge in [-0.2, -0.15) is 13.2 Å². The van der Waals surface area contributed by atoms with Gasteiger partial charge in [0, 0.05) is 30.3 Å². The lowest BCUT2D eigenvalue weighted by Gasteiger charge is -2.38. The fraction of sp³-hybridized carbons (Fsp3) is 0.600. The number of aryl methyl sites for hydroxylation is 1. The van der Waals surface area contributed by atoms with Gasteiger partial charge in [0.25, 0.3) is 0 Å². The average molecular weight is 398 g/mol. The van der Waals surface area contributed by atoms with Crippen molar-refractivity contribution in [3.05, 3.63) is 29.3 Å². The Morgan fingerprint density at radius 1 is 1.21 bits per heavy atom. The quantitative estimate of drug-likeness (QED) is 0.822.